The maximum absolute atomic E-state index is 13.0. The number of hydrogen-bond donors (Lipinski definition) is 1. The Hall–Kier alpha value is -4.27. The zero-order valence-corrected chi connectivity index (χ0v) is 17.1. The number of aryl methyl sites for hydroxylation is 1. The number of pyridine rings is 1. The Bertz CT molecular complexity index is 1210. The predicted octanol–water partition coefficient (Wildman–Crippen LogP) is 3.77. The van der Waals surface area contributed by atoms with Gasteiger partial charge in [0, 0.05) is 23.4 Å². The van der Waals surface area contributed by atoms with Crippen molar-refractivity contribution in [3.05, 3.63) is 66.2 Å². The summed E-state index contributed by atoms with van der Waals surface area (Å²) in [6.45, 7) is 1.68. The maximum atomic E-state index is 13.0. The molecule has 0 radical (unpaired) electrons. The lowest BCUT2D eigenvalue weighted by Gasteiger charge is -2.10. The van der Waals surface area contributed by atoms with Crippen molar-refractivity contribution >= 4 is 11.7 Å². The number of carbonyl (C=O) groups excluding carboxylic acids is 1. The molecule has 1 amide bonds. The van der Waals surface area contributed by atoms with Gasteiger partial charge in [-0.05, 0) is 13.0 Å². The van der Waals surface area contributed by atoms with Crippen LogP contribution in [0.2, 0.25) is 0 Å². The third-order valence-corrected chi connectivity index (χ3v) is 4.54. The topological polar surface area (TPSA) is 112 Å². The van der Waals surface area contributed by atoms with Crippen LogP contribution in [0.4, 0.5) is 5.82 Å². The molecule has 4 aromatic rings. The van der Waals surface area contributed by atoms with E-state index in [4.69, 9.17) is 14.0 Å². The Morgan fingerprint density at radius 3 is 2.45 bits per heavy atom. The molecule has 31 heavy (non-hydrogen) atoms. The molecule has 3 aromatic heterocycles. The van der Waals surface area contributed by atoms with Gasteiger partial charge in [0.15, 0.2) is 5.82 Å². The quantitative estimate of drug-likeness (QED) is 0.504. The summed E-state index contributed by atoms with van der Waals surface area (Å²) in [5, 5.41) is 6.78. The van der Waals surface area contributed by atoms with E-state index in [2.05, 4.69) is 25.4 Å². The highest BCUT2D eigenvalue weighted by molar-refractivity contribution is 6.08. The minimum Gasteiger partial charge on any atom is -0.481 e. The van der Waals surface area contributed by atoms with E-state index in [1.807, 2.05) is 30.3 Å². The van der Waals surface area contributed by atoms with Crippen LogP contribution < -0.4 is 14.8 Å². The molecular formula is C22H19N5O4. The molecule has 0 unspecified atom stereocenters. The molecule has 9 nitrogen and oxygen atoms in total. The van der Waals surface area contributed by atoms with Gasteiger partial charge >= 0.3 is 0 Å². The van der Waals surface area contributed by atoms with Gasteiger partial charge in [0.25, 0.3) is 11.8 Å². The van der Waals surface area contributed by atoms with Gasteiger partial charge in [-0.25, -0.2) is 15.0 Å². The first kappa shape index (κ1) is 20.0. The van der Waals surface area contributed by atoms with Crippen molar-refractivity contribution in [2.24, 2.45) is 0 Å². The van der Waals surface area contributed by atoms with E-state index in [-0.39, 0.29) is 11.7 Å². The molecule has 0 bridgehead atoms. The lowest BCUT2D eigenvalue weighted by molar-refractivity contribution is 0.102. The van der Waals surface area contributed by atoms with Gasteiger partial charge in [-0.1, -0.05) is 35.5 Å². The van der Waals surface area contributed by atoms with Crippen LogP contribution in [-0.4, -0.2) is 40.2 Å². The number of aromatic nitrogens is 4. The normalized spacial score (nSPS) is 10.5. The second-order valence-corrected chi connectivity index (χ2v) is 6.48. The van der Waals surface area contributed by atoms with Gasteiger partial charge in [-0.2, -0.15) is 0 Å². The number of nitrogens with zero attached hydrogens (tertiary/aromatic N) is 4. The number of ether oxygens (including phenoxy) is 2. The number of methoxy groups -OCH3 is 2. The highest BCUT2D eigenvalue weighted by atomic mass is 16.5. The average molecular weight is 417 g/mol. The molecule has 156 valence electrons. The minimum atomic E-state index is -0.427. The molecule has 1 N–H and O–H groups in total. The molecular weight excluding hydrogens is 398 g/mol. The number of nitrogens with one attached hydrogen (secondary N) is 1. The molecule has 0 atom stereocenters. The molecule has 0 aliphatic rings. The van der Waals surface area contributed by atoms with Crippen molar-refractivity contribution in [3.8, 4) is 34.3 Å². The molecule has 1 aromatic carbocycles. The van der Waals surface area contributed by atoms with Gasteiger partial charge in [-0.15, -0.1) is 0 Å². The minimum absolute atomic E-state index is 0.164. The largest absolute Gasteiger partial charge is 0.481 e. The highest BCUT2D eigenvalue weighted by Crippen LogP contribution is 2.28. The number of hydrogen-bond acceptors (Lipinski definition) is 8. The van der Waals surface area contributed by atoms with Crippen LogP contribution in [0.25, 0.3) is 22.5 Å². The van der Waals surface area contributed by atoms with Gasteiger partial charge in [0.2, 0.25) is 5.88 Å². The van der Waals surface area contributed by atoms with Gasteiger partial charge < -0.3 is 19.3 Å². The summed E-state index contributed by atoms with van der Waals surface area (Å²) in [5.41, 5.74) is 2.80. The second-order valence-electron chi connectivity index (χ2n) is 6.48. The molecule has 4 rings (SSSR count). The van der Waals surface area contributed by atoms with Gasteiger partial charge in [0.05, 0.1) is 26.1 Å². The summed E-state index contributed by atoms with van der Waals surface area (Å²) in [6.07, 6.45) is 3.15. The van der Waals surface area contributed by atoms with Crippen LogP contribution in [0.15, 0.2) is 59.4 Å². The van der Waals surface area contributed by atoms with Gasteiger partial charge in [-0.3, -0.25) is 4.79 Å². The fraction of sp³-hybridized carbons (Fsp3) is 0.136. The predicted molar refractivity (Wildman–Crippen MR) is 113 cm³/mol. The molecule has 3 heterocycles. The number of carbonyl (C=O) groups is 1. The number of benzene rings is 1. The molecule has 0 aliphatic carbocycles. The molecule has 0 aliphatic heterocycles. The third-order valence-electron chi connectivity index (χ3n) is 4.54. The Balaban J connectivity index is 1.63. The number of anilines is 1. The fourth-order valence-electron chi connectivity index (χ4n) is 2.99. The second kappa shape index (κ2) is 8.62. The average Bonchev–Trinajstić information content (AvgIpc) is 3.21. The third kappa shape index (κ3) is 4.06. The summed E-state index contributed by atoms with van der Waals surface area (Å²) in [5.74, 6) is 0.800. The molecule has 0 fully saturated rings. The van der Waals surface area contributed by atoms with Crippen LogP contribution in [0, 0.1) is 6.92 Å². The van der Waals surface area contributed by atoms with Crippen LogP contribution in [0.3, 0.4) is 0 Å². The zero-order valence-electron chi connectivity index (χ0n) is 17.1. The first-order chi connectivity index (χ1) is 15.1. The van der Waals surface area contributed by atoms with Crippen LogP contribution >= 0.6 is 0 Å². The number of amides is 1. The van der Waals surface area contributed by atoms with E-state index in [9.17, 15) is 4.79 Å². The van der Waals surface area contributed by atoms with Crippen molar-refractivity contribution in [3.63, 3.8) is 0 Å². The smallest absolute Gasteiger partial charge is 0.262 e. The fourth-order valence-corrected chi connectivity index (χ4v) is 2.99. The van der Waals surface area contributed by atoms with Crippen molar-refractivity contribution in [1.82, 2.24) is 20.1 Å². The van der Waals surface area contributed by atoms with Crippen molar-refractivity contribution in [1.29, 1.82) is 0 Å². The van der Waals surface area contributed by atoms with E-state index >= 15 is 0 Å². The van der Waals surface area contributed by atoms with Crippen LogP contribution in [0.1, 0.15) is 16.1 Å². The Labute approximate surface area is 178 Å². The van der Waals surface area contributed by atoms with Crippen molar-refractivity contribution in [2.75, 3.05) is 19.5 Å². The standard InChI is InChI=1S/C22H19N5O4/c1-13-18(19(27-31-13)14-7-5-4-6-8-14)21(28)26-20-22(30-3)25-16(12-24-20)15-9-10-17(29-2)23-11-15/h4-12H,1-3H3,(H,24,26,28). The molecule has 0 saturated carbocycles. The van der Waals surface area contributed by atoms with Crippen molar-refractivity contribution < 1.29 is 18.8 Å². The lowest BCUT2D eigenvalue weighted by atomic mass is 10.1. The highest BCUT2D eigenvalue weighted by Gasteiger charge is 2.23. The molecule has 0 spiro atoms. The van der Waals surface area contributed by atoms with Gasteiger partial charge in [0.1, 0.15) is 17.0 Å². The van der Waals surface area contributed by atoms with E-state index in [1.54, 1.807) is 32.4 Å². The van der Waals surface area contributed by atoms with Crippen molar-refractivity contribution in [2.45, 2.75) is 6.92 Å². The monoisotopic (exact) mass is 417 g/mol. The first-order valence-corrected chi connectivity index (χ1v) is 9.35. The Morgan fingerprint density at radius 2 is 1.77 bits per heavy atom. The summed E-state index contributed by atoms with van der Waals surface area (Å²) < 4.78 is 15.7. The number of rotatable bonds is 6. The van der Waals surface area contributed by atoms with Crippen LogP contribution in [0.5, 0.6) is 11.8 Å². The summed E-state index contributed by atoms with van der Waals surface area (Å²) in [7, 11) is 3.00. The summed E-state index contributed by atoms with van der Waals surface area (Å²) in [4.78, 5) is 25.9. The summed E-state index contributed by atoms with van der Waals surface area (Å²) >= 11 is 0. The zero-order chi connectivity index (χ0) is 21.8. The van der Waals surface area contributed by atoms with E-state index < -0.39 is 5.91 Å². The van der Waals surface area contributed by atoms with Crippen LogP contribution in [-0.2, 0) is 0 Å². The maximum Gasteiger partial charge on any atom is 0.262 e. The van der Waals surface area contributed by atoms with E-state index in [0.29, 0.717) is 28.6 Å². The summed E-state index contributed by atoms with van der Waals surface area (Å²) in [6, 6.07) is 12.8. The first-order valence-electron chi connectivity index (χ1n) is 9.35. The Kier molecular flexibility index (Phi) is 5.57. The molecule has 0 saturated heterocycles. The van der Waals surface area contributed by atoms with E-state index in [0.717, 1.165) is 11.1 Å². The Morgan fingerprint density at radius 1 is 0.968 bits per heavy atom. The molecule has 9 heteroatoms. The van der Waals surface area contributed by atoms with E-state index in [1.165, 1.54) is 13.3 Å². The lowest BCUT2D eigenvalue weighted by Crippen LogP contribution is -2.16. The SMILES string of the molecule is COc1ccc(-c2cnc(NC(=O)c3c(-c4ccccc4)noc3C)c(OC)n2)cn1.